The molecule has 0 radical (unpaired) electrons. The van der Waals surface area contributed by atoms with Crippen molar-refractivity contribution in [1.29, 1.82) is 0 Å². The van der Waals surface area contributed by atoms with E-state index in [9.17, 15) is 13.2 Å². The van der Waals surface area contributed by atoms with Crippen LogP contribution in [0.3, 0.4) is 0 Å². The lowest BCUT2D eigenvalue weighted by Crippen LogP contribution is -2.35. The number of hydrogen-bond donors (Lipinski definition) is 2. The molecule has 0 atom stereocenters. The van der Waals surface area contributed by atoms with Crippen LogP contribution in [0.2, 0.25) is 0 Å². The van der Waals surface area contributed by atoms with E-state index in [4.69, 9.17) is 9.88 Å². The minimum absolute atomic E-state index is 0.0134. The molecule has 1 amide bonds. The smallest absolute Gasteiger partial charge is 0.247 e. The number of carbonyl (C=O) groups excluding carboxylic acids is 1. The van der Waals surface area contributed by atoms with Crippen LogP contribution in [0.1, 0.15) is 31.1 Å². The molecule has 1 aromatic rings. The van der Waals surface area contributed by atoms with Gasteiger partial charge in [0.15, 0.2) is 0 Å². The molecular weight excluding hydrogens is 312 g/mol. The number of nitrogens with one attached hydrogen (secondary N) is 1. The first kappa shape index (κ1) is 16.4. The third-order valence-electron chi connectivity index (χ3n) is 3.45. The highest BCUT2D eigenvalue weighted by Crippen LogP contribution is 2.32. The average molecular weight is 332 g/mol. The zero-order valence-electron chi connectivity index (χ0n) is 11.9. The molecule has 0 aromatic carbocycles. The van der Waals surface area contributed by atoms with Gasteiger partial charge in [0.1, 0.15) is 4.21 Å². The summed E-state index contributed by atoms with van der Waals surface area (Å²) in [4.78, 5) is 12.6. The number of sulfonamides is 1. The van der Waals surface area contributed by atoms with Crippen molar-refractivity contribution in [3.63, 3.8) is 0 Å². The summed E-state index contributed by atoms with van der Waals surface area (Å²) >= 11 is 1.08. The molecule has 8 heteroatoms. The van der Waals surface area contributed by atoms with Crippen molar-refractivity contribution in [2.75, 3.05) is 6.61 Å². The van der Waals surface area contributed by atoms with Gasteiger partial charge < -0.3 is 10.1 Å². The van der Waals surface area contributed by atoms with E-state index in [2.05, 4.69) is 5.32 Å². The molecular formula is C13H20N2O4S2. The predicted octanol–water partition coefficient (Wildman–Crippen LogP) is 1.22. The number of primary sulfonamides is 1. The number of thiophene rings is 1. The van der Waals surface area contributed by atoms with Gasteiger partial charge in [0.25, 0.3) is 0 Å². The number of rotatable bonds is 7. The van der Waals surface area contributed by atoms with Crippen LogP contribution in [0.5, 0.6) is 0 Å². The van der Waals surface area contributed by atoms with Crippen molar-refractivity contribution < 1.29 is 17.9 Å². The van der Waals surface area contributed by atoms with E-state index in [1.807, 2.05) is 6.92 Å². The van der Waals surface area contributed by atoms with E-state index in [-0.39, 0.29) is 10.1 Å². The van der Waals surface area contributed by atoms with Crippen LogP contribution in [0.15, 0.2) is 16.3 Å². The second-order valence-electron chi connectivity index (χ2n) is 5.16. The number of carbonyl (C=O) groups is 1. The molecule has 1 aromatic heterocycles. The topological polar surface area (TPSA) is 98.5 Å². The molecule has 1 saturated carbocycles. The maximum Gasteiger partial charge on any atom is 0.247 e. The molecule has 2 rings (SSSR count). The minimum atomic E-state index is -3.65. The number of ether oxygens (including phenoxy) is 1. The van der Waals surface area contributed by atoms with Crippen molar-refractivity contribution in [2.45, 2.75) is 43.0 Å². The summed E-state index contributed by atoms with van der Waals surface area (Å²) in [7, 11) is -3.65. The molecule has 1 aliphatic carbocycles. The lowest BCUT2D eigenvalue weighted by Gasteiger charge is -2.34. The maximum absolute atomic E-state index is 11.8. The predicted molar refractivity (Wildman–Crippen MR) is 80.3 cm³/mol. The molecule has 6 nitrogen and oxygen atoms in total. The zero-order valence-corrected chi connectivity index (χ0v) is 13.5. The van der Waals surface area contributed by atoms with E-state index >= 15 is 0 Å². The molecule has 3 N–H and O–H groups in total. The Morgan fingerprint density at radius 3 is 2.76 bits per heavy atom. The highest BCUT2D eigenvalue weighted by Gasteiger charge is 2.30. The van der Waals surface area contributed by atoms with Crippen LogP contribution < -0.4 is 10.5 Å². The summed E-state index contributed by atoms with van der Waals surface area (Å²) < 4.78 is 27.9. The summed E-state index contributed by atoms with van der Waals surface area (Å²) in [5.41, 5.74) is 0. The number of nitrogens with two attached hydrogens (primary N) is 1. The van der Waals surface area contributed by atoms with E-state index in [1.165, 1.54) is 6.07 Å². The molecule has 0 unspecified atom stereocenters. The Balaban J connectivity index is 1.71. The molecule has 0 spiro atoms. The first-order chi connectivity index (χ1) is 9.88. The summed E-state index contributed by atoms with van der Waals surface area (Å²) in [5.74, 6) is 0.380. The molecule has 1 fully saturated rings. The third kappa shape index (κ3) is 4.77. The first-order valence-electron chi connectivity index (χ1n) is 6.88. The van der Waals surface area contributed by atoms with Crippen molar-refractivity contribution in [1.82, 2.24) is 5.32 Å². The van der Waals surface area contributed by atoms with E-state index in [1.54, 1.807) is 6.07 Å². The van der Waals surface area contributed by atoms with Gasteiger partial charge in [-0.1, -0.05) is 0 Å². The highest BCUT2D eigenvalue weighted by atomic mass is 32.2. The Morgan fingerprint density at radius 1 is 1.48 bits per heavy atom. The van der Waals surface area contributed by atoms with Gasteiger partial charge in [-0.2, -0.15) is 0 Å². The van der Waals surface area contributed by atoms with Crippen molar-refractivity contribution in [3.8, 4) is 0 Å². The quantitative estimate of drug-likeness (QED) is 0.784. The SMILES string of the molecule is CCOC1CC(CC(=O)NCc2ccc(S(N)(=O)=O)s2)C1. The maximum atomic E-state index is 11.8. The highest BCUT2D eigenvalue weighted by molar-refractivity contribution is 7.91. The third-order valence-corrected chi connectivity index (χ3v) is 5.97. The normalized spacial score (nSPS) is 21.8. The van der Waals surface area contributed by atoms with Crippen LogP contribution >= 0.6 is 11.3 Å². The number of hydrogen-bond acceptors (Lipinski definition) is 5. The van der Waals surface area contributed by atoms with E-state index in [0.717, 1.165) is 29.1 Å². The molecule has 0 aliphatic heterocycles. The van der Waals surface area contributed by atoms with Gasteiger partial charge in [-0.05, 0) is 37.8 Å². The van der Waals surface area contributed by atoms with Crippen LogP contribution in [-0.4, -0.2) is 27.0 Å². The van der Waals surface area contributed by atoms with Crippen LogP contribution in [0.25, 0.3) is 0 Å². The van der Waals surface area contributed by atoms with Crippen LogP contribution in [0.4, 0.5) is 0 Å². The van der Waals surface area contributed by atoms with Crippen molar-refractivity contribution in [2.24, 2.45) is 11.1 Å². The zero-order chi connectivity index (χ0) is 15.5. The first-order valence-corrected chi connectivity index (χ1v) is 9.24. The van der Waals surface area contributed by atoms with Crippen LogP contribution in [0, 0.1) is 5.92 Å². The standard InChI is InChI=1S/C13H20N2O4S2/c1-2-19-10-5-9(6-10)7-12(16)15-8-11-3-4-13(20-11)21(14,17)18/h3-4,9-10H,2,5-8H2,1H3,(H,15,16)(H2,14,17,18). The van der Waals surface area contributed by atoms with Crippen molar-refractivity contribution >= 4 is 27.3 Å². The Morgan fingerprint density at radius 2 is 2.19 bits per heavy atom. The van der Waals surface area contributed by atoms with Gasteiger partial charge in [0, 0.05) is 17.9 Å². The minimum Gasteiger partial charge on any atom is -0.378 e. The fourth-order valence-electron chi connectivity index (χ4n) is 2.34. The second-order valence-corrected chi connectivity index (χ2v) is 8.12. The van der Waals surface area contributed by atoms with Gasteiger partial charge >= 0.3 is 0 Å². The average Bonchev–Trinajstić information content (AvgIpc) is 2.82. The van der Waals surface area contributed by atoms with Gasteiger partial charge in [-0.15, -0.1) is 11.3 Å². The van der Waals surface area contributed by atoms with Gasteiger partial charge in [0.2, 0.25) is 15.9 Å². The molecule has 0 saturated heterocycles. The second kappa shape index (κ2) is 6.87. The molecule has 118 valence electrons. The van der Waals surface area contributed by atoms with E-state index in [0.29, 0.717) is 31.6 Å². The largest absolute Gasteiger partial charge is 0.378 e. The molecule has 1 aliphatic rings. The number of amides is 1. The fourth-order valence-corrected chi connectivity index (χ4v) is 4.06. The summed E-state index contributed by atoms with van der Waals surface area (Å²) in [6.45, 7) is 3.02. The van der Waals surface area contributed by atoms with Gasteiger partial charge in [-0.25, -0.2) is 13.6 Å². The van der Waals surface area contributed by atoms with E-state index < -0.39 is 10.0 Å². The Hall–Kier alpha value is -0.960. The Labute approximate surface area is 128 Å². The lowest BCUT2D eigenvalue weighted by atomic mass is 9.80. The summed E-state index contributed by atoms with van der Waals surface area (Å²) in [6.07, 6.45) is 2.69. The summed E-state index contributed by atoms with van der Waals surface area (Å²) in [5, 5.41) is 7.84. The Bertz CT molecular complexity index is 591. The molecule has 0 bridgehead atoms. The lowest BCUT2D eigenvalue weighted by molar-refractivity contribution is -0.124. The monoisotopic (exact) mass is 332 g/mol. The fraction of sp³-hybridized carbons (Fsp3) is 0.615. The van der Waals surface area contributed by atoms with Crippen molar-refractivity contribution in [3.05, 3.63) is 17.0 Å². The Kier molecular flexibility index (Phi) is 5.37. The molecule has 1 heterocycles. The van der Waals surface area contributed by atoms with Gasteiger partial charge in [-0.3, -0.25) is 4.79 Å². The van der Waals surface area contributed by atoms with Crippen LogP contribution in [-0.2, 0) is 26.1 Å². The molecule has 21 heavy (non-hydrogen) atoms. The summed E-state index contributed by atoms with van der Waals surface area (Å²) in [6, 6.07) is 3.12. The van der Waals surface area contributed by atoms with Gasteiger partial charge in [0.05, 0.1) is 12.6 Å².